The number of aliphatic hydroxyl groups excluding tert-OH is 1. The van der Waals surface area contributed by atoms with Crippen molar-refractivity contribution in [2.75, 3.05) is 13.2 Å². The van der Waals surface area contributed by atoms with Crippen molar-refractivity contribution in [2.45, 2.75) is 39.7 Å². The molecule has 0 aromatic heterocycles. The molecule has 1 rings (SSSR count). The van der Waals surface area contributed by atoms with Gasteiger partial charge in [-0.25, -0.2) is 0 Å². The van der Waals surface area contributed by atoms with E-state index in [0.717, 1.165) is 19.6 Å². The molecule has 1 aliphatic rings. The van der Waals surface area contributed by atoms with Gasteiger partial charge in [-0.3, -0.25) is 0 Å². The number of ether oxygens (including phenoxy) is 1. The summed E-state index contributed by atoms with van der Waals surface area (Å²) in [5, 5.41) is 9.80. The highest BCUT2D eigenvalue weighted by atomic mass is 16.5. The van der Waals surface area contributed by atoms with Crippen LogP contribution in [-0.2, 0) is 4.74 Å². The van der Waals surface area contributed by atoms with E-state index in [9.17, 15) is 5.11 Å². The molecule has 1 saturated heterocycles. The van der Waals surface area contributed by atoms with E-state index >= 15 is 0 Å². The van der Waals surface area contributed by atoms with Gasteiger partial charge in [0.15, 0.2) is 0 Å². The highest BCUT2D eigenvalue weighted by Gasteiger charge is 2.30. The molecule has 0 aromatic carbocycles. The Kier molecular flexibility index (Phi) is 4.20. The summed E-state index contributed by atoms with van der Waals surface area (Å²) in [6, 6.07) is 0. The third-order valence-corrected chi connectivity index (χ3v) is 3.58. The Morgan fingerprint density at radius 2 is 2.15 bits per heavy atom. The third-order valence-electron chi connectivity index (χ3n) is 3.58. The zero-order valence-electron chi connectivity index (χ0n) is 8.99. The van der Waals surface area contributed by atoms with Crippen molar-refractivity contribution >= 4 is 0 Å². The molecule has 0 aliphatic carbocycles. The lowest BCUT2D eigenvalue weighted by atomic mass is 9.78. The molecule has 0 amide bonds. The van der Waals surface area contributed by atoms with E-state index in [1.54, 1.807) is 0 Å². The molecule has 1 aliphatic heterocycles. The molecule has 0 aromatic rings. The highest BCUT2D eigenvalue weighted by Crippen LogP contribution is 2.29. The van der Waals surface area contributed by atoms with Crippen LogP contribution in [0.3, 0.4) is 0 Å². The van der Waals surface area contributed by atoms with E-state index in [1.807, 2.05) is 0 Å². The van der Waals surface area contributed by atoms with Crippen LogP contribution in [0.1, 0.15) is 33.6 Å². The minimum Gasteiger partial charge on any atom is -0.393 e. The van der Waals surface area contributed by atoms with Gasteiger partial charge in [0.2, 0.25) is 0 Å². The summed E-state index contributed by atoms with van der Waals surface area (Å²) < 4.78 is 5.41. The molecule has 13 heavy (non-hydrogen) atoms. The average molecular weight is 186 g/mol. The molecule has 78 valence electrons. The largest absolute Gasteiger partial charge is 0.393 e. The first kappa shape index (κ1) is 11.0. The lowest BCUT2D eigenvalue weighted by Crippen LogP contribution is -2.38. The summed E-state index contributed by atoms with van der Waals surface area (Å²) >= 11 is 0. The van der Waals surface area contributed by atoms with Gasteiger partial charge < -0.3 is 9.84 Å². The molecule has 1 fully saturated rings. The molecular formula is C11H22O2. The number of hydrogen-bond donors (Lipinski definition) is 1. The van der Waals surface area contributed by atoms with E-state index in [1.165, 1.54) is 6.42 Å². The lowest BCUT2D eigenvalue weighted by molar-refractivity contribution is -0.0632. The molecule has 1 N–H and O–H groups in total. The van der Waals surface area contributed by atoms with Crippen LogP contribution < -0.4 is 0 Å². The second-order valence-electron chi connectivity index (χ2n) is 4.34. The van der Waals surface area contributed by atoms with Crippen molar-refractivity contribution in [3.8, 4) is 0 Å². The summed E-state index contributed by atoms with van der Waals surface area (Å²) in [5.74, 6) is 1.60. The van der Waals surface area contributed by atoms with E-state index in [4.69, 9.17) is 4.74 Å². The van der Waals surface area contributed by atoms with Gasteiger partial charge in [0, 0.05) is 12.5 Å². The monoisotopic (exact) mass is 186 g/mol. The van der Waals surface area contributed by atoms with Crippen LogP contribution in [0.15, 0.2) is 0 Å². The average Bonchev–Trinajstić information content (AvgIpc) is 2.16. The first-order valence-electron chi connectivity index (χ1n) is 5.42. The summed E-state index contributed by atoms with van der Waals surface area (Å²) in [6.45, 7) is 8.16. The van der Waals surface area contributed by atoms with Crippen LogP contribution in [0.4, 0.5) is 0 Å². The van der Waals surface area contributed by atoms with Crippen molar-refractivity contribution in [1.29, 1.82) is 0 Å². The van der Waals surface area contributed by atoms with Gasteiger partial charge in [-0.15, -0.1) is 0 Å². The van der Waals surface area contributed by atoms with Gasteiger partial charge in [-0.1, -0.05) is 27.2 Å². The molecule has 0 bridgehead atoms. The maximum atomic E-state index is 9.80. The summed E-state index contributed by atoms with van der Waals surface area (Å²) in [5.41, 5.74) is 0. The highest BCUT2D eigenvalue weighted by molar-refractivity contribution is 4.79. The smallest absolute Gasteiger partial charge is 0.0615 e. The second-order valence-corrected chi connectivity index (χ2v) is 4.34. The van der Waals surface area contributed by atoms with Crippen LogP contribution in [0, 0.1) is 17.8 Å². The first-order valence-corrected chi connectivity index (χ1v) is 5.42. The van der Waals surface area contributed by atoms with Crippen molar-refractivity contribution in [2.24, 2.45) is 17.8 Å². The van der Waals surface area contributed by atoms with Gasteiger partial charge in [0.05, 0.1) is 12.7 Å². The molecule has 0 spiro atoms. The molecule has 4 unspecified atom stereocenters. The van der Waals surface area contributed by atoms with Crippen LogP contribution >= 0.6 is 0 Å². The van der Waals surface area contributed by atoms with Gasteiger partial charge >= 0.3 is 0 Å². The predicted octanol–water partition coefficient (Wildman–Crippen LogP) is 2.07. The molecule has 2 nitrogen and oxygen atoms in total. The molecule has 0 saturated carbocycles. The lowest BCUT2D eigenvalue weighted by Gasteiger charge is -2.35. The maximum absolute atomic E-state index is 9.80. The fraction of sp³-hybridized carbons (Fsp3) is 1.00. The summed E-state index contributed by atoms with van der Waals surface area (Å²) in [6.07, 6.45) is 1.85. The second kappa shape index (κ2) is 4.97. The van der Waals surface area contributed by atoms with Gasteiger partial charge in [0.1, 0.15) is 0 Å². The van der Waals surface area contributed by atoms with Crippen LogP contribution in [0.25, 0.3) is 0 Å². The molecular weight excluding hydrogens is 164 g/mol. The molecule has 0 radical (unpaired) electrons. The Labute approximate surface area is 81.3 Å². The SMILES string of the molecule is CCC(C)C(C)C1COCCC1O. The van der Waals surface area contributed by atoms with Gasteiger partial charge in [0.25, 0.3) is 0 Å². The van der Waals surface area contributed by atoms with Crippen LogP contribution in [-0.4, -0.2) is 24.4 Å². The van der Waals surface area contributed by atoms with Crippen LogP contribution in [0.2, 0.25) is 0 Å². The Hall–Kier alpha value is -0.0800. The quantitative estimate of drug-likeness (QED) is 0.731. The van der Waals surface area contributed by atoms with Crippen molar-refractivity contribution in [1.82, 2.24) is 0 Å². The van der Waals surface area contributed by atoms with Crippen molar-refractivity contribution < 1.29 is 9.84 Å². The van der Waals surface area contributed by atoms with Gasteiger partial charge in [-0.2, -0.15) is 0 Å². The van der Waals surface area contributed by atoms with Crippen molar-refractivity contribution in [3.63, 3.8) is 0 Å². The predicted molar refractivity (Wildman–Crippen MR) is 53.6 cm³/mol. The number of rotatable bonds is 3. The maximum Gasteiger partial charge on any atom is 0.0615 e. The van der Waals surface area contributed by atoms with Crippen LogP contribution in [0.5, 0.6) is 0 Å². The molecule has 2 heteroatoms. The third kappa shape index (κ3) is 2.68. The minimum atomic E-state index is -0.141. The minimum absolute atomic E-state index is 0.141. The number of aliphatic hydroxyl groups is 1. The van der Waals surface area contributed by atoms with E-state index in [0.29, 0.717) is 17.8 Å². The number of hydrogen-bond acceptors (Lipinski definition) is 2. The molecule has 1 heterocycles. The Bertz CT molecular complexity index is 147. The standard InChI is InChI=1S/C11H22O2/c1-4-8(2)9(3)10-7-13-6-5-11(10)12/h8-12H,4-7H2,1-3H3. The topological polar surface area (TPSA) is 29.5 Å². The normalized spacial score (nSPS) is 34.2. The van der Waals surface area contributed by atoms with E-state index in [2.05, 4.69) is 20.8 Å². The van der Waals surface area contributed by atoms with E-state index in [-0.39, 0.29) is 6.10 Å². The molecule has 4 atom stereocenters. The first-order chi connectivity index (χ1) is 6.16. The van der Waals surface area contributed by atoms with Crippen molar-refractivity contribution in [3.05, 3.63) is 0 Å². The fourth-order valence-corrected chi connectivity index (χ4v) is 2.04. The zero-order valence-corrected chi connectivity index (χ0v) is 8.99. The Morgan fingerprint density at radius 1 is 1.46 bits per heavy atom. The zero-order chi connectivity index (χ0) is 9.84. The van der Waals surface area contributed by atoms with Gasteiger partial charge in [-0.05, 0) is 18.3 Å². The Balaban J connectivity index is 2.47. The Morgan fingerprint density at radius 3 is 2.69 bits per heavy atom. The summed E-state index contributed by atoms with van der Waals surface area (Å²) in [4.78, 5) is 0. The van der Waals surface area contributed by atoms with E-state index < -0.39 is 0 Å². The summed E-state index contributed by atoms with van der Waals surface area (Å²) in [7, 11) is 0. The fourth-order valence-electron chi connectivity index (χ4n) is 2.04.